The van der Waals surface area contributed by atoms with Crippen molar-refractivity contribution >= 4 is 59.3 Å². The first kappa shape index (κ1) is 18.6. The number of amides is 4. The van der Waals surface area contributed by atoms with Crippen molar-refractivity contribution in [3.05, 3.63) is 53.1 Å². The van der Waals surface area contributed by atoms with Crippen LogP contribution in [0.15, 0.2) is 42.5 Å². The maximum absolute atomic E-state index is 12.2. The van der Waals surface area contributed by atoms with Crippen molar-refractivity contribution in [1.29, 1.82) is 0 Å². The van der Waals surface area contributed by atoms with Gasteiger partial charge in [0.25, 0.3) is 0 Å². The fourth-order valence-corrected chi connectivity index (χ4v) is 2.41. The number of thiol groups is 1. The van der Waals surface area contributed by atoms with E-state index in [1.807, 2.05) is 0 Å². The van der Waals surface area contributed by atoms with Crippen molar-refractivity contribution < 1.29 is 14.4 Å². The molecule has 0 saturated carbocycles. The number of hydrogen-bond acceptors (Lipinski definition) is 4. The van der Waals surface area contributed by atoms with E-state index < -0.39 is 11.9 Å². The summed E-state index contributed by atoms with van der Waals surface area (Å²) in [6, 6.07) is 10.4. The Balaban J connectivity index is 2.08. The third-order valence-electron chi connectivity index (χ3n) is 3.11. The van der Waals surface area contributed by atoms with Gasteiger partial charge in [0, 0.05) is 18.3 Å². The molecule has 25 heavy (non-hydrogen) atoms. The van der Waals surface area contributed by atoms with E-state index in [9.17, 15) is 14.4 Å². The van der Waals surface area contributed by atoms with E-state index >= 15 is 0 Å². The molecule has 0 radical (unpaired) electrons. The Kier molecular flexibility index (Phi) is 5.89. The minimum Gasteiger partial charge on any atom is -0.366 e. The van der Waals surface area contributed by atoms with Crippen LogP contribution in [0.1, 0.15) is 17.3 Å². The Morgan fingerprint density at radius 2 is 1.60 bits per heavy atom. The van der Waals surface area contributed by atoms with E-state index in [-0.39, 0.29) is 16.5 Å². The Bertz CT molecular complexity index is 827. The van der Waals surface area contributed by atoms with Gasteiger partial charge in [-0.3, -0.25) is 9.59 Å². The molecular formula is C16H15ClN4O3S. The van der Waals surface area contributed by atoms with Crippen molar-refractivity contribution in [2.24, 2.45) is 5.73 Å². The number of hydrogen-bond donors (Lipinski definition) is 4. The zero-order chi connectivity index (χ0) is 18.6. The average Bonchev–Trinajstić information content (AvgIpc) is 2.55. The molecule has 0 bridgehead atoms. The van der Waals surface area contributed by atoms with Gasteiger partial charge in [-0.25, -0.2) is 9.10 Å². The highest BCUT2D eigenvalue weighted by Crippen LogP contribution is 2.25. The number of primary amides is 1. The van der Waals surface area contributed by atoms with Crippen LogP contribution in [0.4, 0.5) is 21.9 Å². The van der Waals surface area contributed by atoms with Gasteiger partial charge in [0.2, 0.25) is 11.8 Å². The molecule has 0 aromatic heterocycles. The first-order chi connectivity index (χ1) is 11.8. The van der Waals surface area contributed by atoms with Crippen LogP contribution < -0.4 is 20.7 Å². The molecule has 0 saturated heterocycles. The largest absolute Gasteiger partial charge is 0.366 e. The summed E-state index contributed by atoms with van der Waals surface area (Å²) in [6.45, 7) is 1.41. The lowest BCUT2D eigenvalue weighted by atomic mass is 10.2. The summed E-state index contributed by atoms with van der Waals surface area (Å²) >= 11 is 10.1. The van der Waals surface area contributed by atoms with Gasteiger partial charge in [-0.2, -0.15) is 0 Å². The van der Waals surface area contributed by atoms with Crippen molar-refractivity contribution in [3.63, 3.8) is 0 Å². The molecule has 2 rings (SSSR count). The number of nitrogens with one attached hydrogen (secondary N) is 2. The molecule has 0 aliphatic heterocycles. The van der Waals surface area contributed by atoms with E-state index in [4.69, 9.17) is 17.3 Å². The number of urea groups is 1. The van der Waals surface area contributed by atoms with Crippen LogP contribution in [-0.4, -0.2) is 17.8 Å². The third kappa shape index (κ3) is 4.88. The van der Waals surface area contributed by atoms with Gasteiger partial charge in [0.05, 0.1) is 16.3 Å². The fraction of sp³-hybridized carbons (Fsp3) is 0.0625. The zero-order valence-corrected chi connectivity index (χ0v) is 14.8. The van der Waals surface area contributed by atoms with E-state index in [2.05, 4.69) is 23.4 Å². The minimum atomic E-state index is -0.661. The molecular weight excluding hydrogens is 364 g/mol. The summed E-state index contributed by atoms with van der Waals surface area (Å²) < 4.78 is 1.04. The van der Waals surface area contributed by atoms with E-state index in [1.165, 1.54) is 25.1 Å². The summed E-state index contributed by atoms with van der Waals surface area (Å²) in [5.41, 5.74) is 6.83. The third-order valence-corrected chi connectivity index (χ3v) is 3.84. The summed E-state index contributed by atoms with van der Waals surface area (Å²) in [5, 5.41) is 5.39. The first-order valence-corrected chi connectivity index (χ1v) is 7.82. The molecule has 0 unspecified atom stereocenters. The molecule has 0 heterocycles. The first-order valence-electron chi connectivity index (χ1n) is 7.05. The second kappa shape index (κ2) is 7.91. The summed E-state index contributed by atoms with van der Waals surface area (Å²) in [4.78, 5) is 34.4. The lowest BCUT2D eigenvalue weighted by molar-refractivity contribution is -0.114. The second-order valence-electron chi connectivity index (χ2n) is 5.03. The molecule has 0 aliphatic rings. The number of rotatable bonds is 4. The number of nitrogens with two attached hydrogens (primary N) is 1. The minimum absolute atomic E-state index is 0.122. The number of carbonyl (C=O) groups is 3. The summed E-state index contributed by atoms with van der Waals surface area (Å²) in [5.74, 6) is -0.847. The summed E-state index contributed by atoms with van der Waals surface area (Å²) in [7, 11) is 0. The van der Waals surface area contributed by atoms with E-state index in [0.29, 0.717) is 17.1 Å². The van der Waals surface area contributed by atoms with Crippen molar-refractivity contribution in [1.82, 2.24) is 0 Å². The van der Waals surface area contributed by atoms with Gasteiger partial charge in [0.1, 0.15) is 0 Å². The SMILES string of the molecule is CC(=O)Nc1ccc(NC(=O)N(S)c2ccc(C(N)=O)c(Cl)c2)cc1. The van der Waals surface area contributed by atoms with Gasteiger partial charge in [-0.15, -0.1) is 0 Å². The van der Waals surface area contributed by atoms with Crippen LogP contribution in [0.5, 0.6) is 0 Å². The molecule has 130 valence electrons. The van der Waals surface area contributed by atoms with Crippen LogP contribution >= 0.6 is 24.4 Å². The number of halogens is 1. The molecule has 0 atom stereocenters. The number of benzene rings is 2. The number of anilines is 3. The van der Waals surface area contributed by atoms with Crippen molar-refractivity contribution in [2.45, 2.75) is 6.92 Å². The van der Waals surface area contributed by atoms with E-state index in [1.54, 1.807) is 24.3 Å². The van der Waals surface area contributed by atoms with Gasteiger partial charge in [-0.05, 0) is 42.5 Å². The molecule has 7 nitrogen and oxygen atoms in total. The highest BCUT2D eigenvalue weighted by molar-refractivity contribution is 7.82. The molecule has 2 aromatic carbocycles. The molecule has 0 spiro atoms. The average molecular weight is 379 g/mol. The molecule has 4 N–H and O–H groups in total. The van der Waals surface area contributed by atoms with Gasteiger partial charge >= 0.3 is 6.03 Å². The van der Waals surface area contributed by atoms with Gasteiger partial charge in [0.15, 0.2) is 0 Å². The maximum Gasteiger partial charge on any atom is 0.336 e. The van der Waals surface area contributed by atoms with Crippen LogP contribution in [0, 0.1) is 0 Å². The van der Waals surface area contributed by atoms with Crippen LogP contribution in [0.2, 0.25) is 5.02 Å². The predicted octanol–water partition coefficient (Wildman–Crippen LogP) is 3.28. The van der Waals surface area contributed by atoms with Gasteiger partial charge < -0.3 is 16.4 Å². The van der Waals surface area contributed by atoms with Crippen LogP contribution in [0.3, 0.4) is 0 Å². The highest BCUT2D eigenvalue weighted by atomic mass is 35.5. The monoisotopic (exact) mass is 378 g/mol. The molecule has 0 aliphatic carbocycles. The van der Waals surface area contributed by atoms with Crippen molar-refractivity contribution in [2.75, 3.05) is 14.9 Å². The van der Waals surface area contributed by atoms with Crippen molar-refractivity contribution in [3.8, 4) is 0 Å². The zero-order valence-electron chi connectivity index (χ0n) is 13.1. The lowest BCUT2D eigenvalue weighted by Gasteiger charge is -2.17. The predicted molar refractivity (Wildman–Crippen MR) is 101 cm³/mol. The Morgan fingerprint density at radius 1 is 1.04 bits per heavy atom. The van der Waals surface area contributed by atoms with Crippen LogP contribution in [-0.2, 0) is 4.79 Å². The Hall–Kier alpha value is -2.71. The molecule has 4 amide bonds. The molecule has 2 aromatic rings. The Morgan fingerprint density at radius 3 is 2.08 bits per heavy atom. The Labute approximate surface area is 154 Å². The summed E-state index contributed by atoms with van der Waals surface area (Å²) in [6.07, 6.45) is 0. The normalized spacial score (nSPS) is 10.0. The topological polar surface area (TPSA) is 105 Å². The smallest absolute Gasteiger partial charge is 0.336 e. The lowest BCUT2D eigenvalue weighted by Crippen LogP contribution is -2.26. The van der Waals surface area contributed by atoms with E-state index in [0.717, 1.165) is 4.31 Å². The number of carbonyl (C=O) groups excluding carboxylic acids is 3. The second-order valence-corrected chi connectivity index (χ2v) is 5.84. The quantitative estimate of drug-likeness (QED) is 0.613. The standard InChI is InChI=1S/C16H15ClN4O3S/c1-9(22)19-10-2-4-11(5-3-10)20-16(24)21(25)12-6-7-13(15(18)23)14(17)8-12/h2-8,25H,1H3,(H2,18,23)(H,19,22)(H,20,24). The maximum atomic E-state index is 12.2. The van der Waals surface area contributed by atoms with Gasteiger partial charge in [-0.1, -0.05) is 24.4 Å². The molecule has 0 fully saturated rings. The van der Waals surface area contributed by atoms with Crippen LogP contribution in [0.25, 0.3) is 0 Å². The fourth-order valence-electron chi connectivity index (χ4n) is 1.97. The molecule has 9 heteroatoms. The highest BCUT2D eigenvalue weighted by Gasteiger charge is 2.15. The number of nitrogens with zero attached hydrogens (tertiary/aromatic N) is 1.